The van der Waals surface area contributed by atoms with E-state index in [0.717, 1.165) is 4.88 Å². The summed E-state index contributed by atoms with van der Waals surface area (Å²) in [6.45, 7) is 0.404. The van der Waals surface area contributed by atoms with Gasteiger partial charge in [0.05, 0.1) is 12.7 Å². The van der Waals surface area contributed by atoms with Gasteiger partial charge >= 0.3 is 0 Å². The van der Waals surface area contributed by atoms with Gasteiger partial charge in [0.25, 0.3) is 11.5 Å². The lowest BCUT2D eigenvalue weighted by molar-refractivity contribution is 0.0946. The van der Waals surface area contributed by atoms with Gasteiger partial charge in [0, 0.05) is 4.88 Å². The summed E-state index contributed by atoms with van der Waals surface area (Å²) in [5, 5.41) is 4.65. The molecule has 0 atom stereocenters. The molecular formula is C12H10N6O2S. The molecule has 3 rings (SSSR count). The molecule has 0 saturated carbocycles. The summed E-state index contributed by atoms with van der Waals surface area (Å²) >= 11 is 1.54. The van der Waals surface area contributed by atoms with E-state index in [1.54, 1.807) is 11.3 Å². The summed E-state index contributed by atoms with van der Waals surface area (Å²) in [6, 6.07) is 3.82. The molecule has 0 bridgehead atoms. The first-order chi connectivity index (χ1) is 10.1. The lowest BCUT2D eigenvalue weighted by Crippen LogP contribution is -2.24. The van der Waals surface area contributed by atoms with Crippen molar-refractivity contribution < 1.29 is 4.79 Å². The van der Waals surface area contributed by atoms with Crippen LogP contribution in [0.4, 0.5) is 5.95 Å². The van der Waals surface area contributed by atoms with Crippen molar-refractivity contribution in [2.24, 2.45) is 0 Å². The average Bonchev–Trinajstić information content (AvgIpc) is 2.97. The van der Waals surface area contributed by atoms with Gasteiger partial charge in [0.15, 0.2) is 11.2 Å². The zero-order valence-corrected chi connectivity index (χ0v) is 11.5. The second-order valence-electron chi connectivity index (χ2n) is 4.14. The van der Waals surface area contributed by atoms with Crippen LogP contribution >= 0.6 is 11.3 Å². The van der Waals surface area contributed by atoms with Crippen LogP contribution in [-0.2, 0) is 6.54 Å². The Bertz CT molecular complexity index is 858. The summed E-state index contributed by atoms with van der Waals surface area (Å²) in [5.41, 5.74) is 5.11. The molecule has 21 heavy (non-hydrogen) atoms. The Morgan fingerprint density at radius 2 is 2.29 bits per heavy atom. The highest BCUT2D eigenvalue weighted by Gasteiger charge is 2.12. The number of aromatic nitrogens is 4. The first-order valence-electron chi connectivity index (χ1n) is 5.96. The molecule has 106 valence electrons. The van der Waals surface area contributed by atoms with E-state index in [0.29, 0.717) is 6.54 Å². The molecule has 0 aliphatic carbocycles. The van der Waals surface area contributed by atoms with Gasteiger partial charge in [-0.25, -0.2) is 9.97 Å². The molecule has 0 aliphatic heterocycles. The minimum Gasteiger partial charge on any atom is -0.369 e. The molecule has 3 aromatic rings. The van der Waals surface area contributed by atoms with Crippen molar-refractivity contribution in [1.82, 2.24) is 25.3 Å². The highest BCUT2D eigenvalue weighted by Crippen LogP contribution is 2.08. The van der Waals surface area contributed by atoms with E-state index in [-0.39, 0.29) is 22.8 Å². The number of carbonyl (C=O) groups excluding carboxylic acids is 1. The maximum atomic E-state index is 12.0. The van der Waals surface area contributed by atoms with E-state index in [2.05, 4.69) is 25.3 Å². The maximum absolute atomic E-state index is 12.0. The summed E-state index contributed by atoms with van der Waals surface area (Å²) in [5.74, 6) is -0.462. The highest BCUT2D eigenvalue weighted by atomic mass is 32.1. The number of fused-ring (bicyclic) bond motifs is 1. The molecular weight excluding hydrogens is 292 g/mol. The Balaban J connectivity index is 1.86. The molecule has 0 radical (unpaired) electrons. The smallest absolute Gasteiger partial charge is 0.280 e. The van der Waals surface area contributed by atoms with Crippen molar-refractivity contribution in [2.45, 2.75) is 6.54 Å². The van der Waals surface area contributed by atoms with E-state index in [1.165, 1.54) is 6.20 Å². The van der Waals surface area contributed by atoms with Crippen LogP contribution in [-0.4, -0.2) is 25.8 Å². The average molecular weight is 302 g/mol. The fraction of sp³-hybridized carbons (Fsp3) is 0.0833. The molecule has 8 nitrogen and oxygen atoms in total. The topological polar surface area (TPSA) is 127 Å². The van der Waals surface area contributed by atoms with Crippen LogP contribution in [0.15, 0.2) is 28.5 Å². The van der Waals surface area contributed by atoms with E-state index < -0.39 is 11.5 Å². The fourth-order valence-electron chi connectivity index (χ4n) is 1.72. The minimum atomic E-state index is -0.490. The lowest BCUT2D eigenvalue weighted by Gasteiger charge is -2.03. The number of nitrogen functional groups attached to an aromatic ring is 1. The third-order valence-electron chi connectivity index (χ3n) is 2.67. The quantitative estimate of drug-likeness (QED) is 0.638. The number of amides is 1. The maximum Gasteiger partial charge on any atom is 0.280 e. The molecule has 4 N–H and O–H groups in total. The second kappa shape index (κ2) is 5.29. The molecule has 0 spiro atoms. The summed E-state index contributed by atoms with van der Waals surface area (Å²) in [6.07, 6.45) is 1.24. The predicted octanol–water partition coefficient (Wildman–Crippen LogP) is 0.287. The predicted molar refractivity (Wildman–Crippen MR) is 77.9 cm³/mol. The van der Waals surface area contributed by atoms with Crippen molar-refractivity contribution in [2.75, 3.05) is 5.73 Å². The molecule has 9 heteroatoms. The number of H-pyrrole nitrogens is 1. The number of hydrogen-bond acceptors (Lipinski definition) is 7. The van der Waals surface area contributed by atoms with Crippen LogP contribution < -0.4 is 16.6 Å². The molecule has 0 fully saturated rings. The number of nitrogens with zero attached hydrogens (tertiary/aromatic N) is 3. The van der Waals surface area contributed by atoms with Crippen molar-refractivity contribution >= 4 is 34.4 Å². The first-order valence-corrected chi connectivity index (χ1v) is 6.84. The Hall–Kier alpha value is -2.81. The van der Waals surface area contributed by atoms with Crippen molar-refractivity contribution in [3.63, 3.8) is 0 Å². The van der Waals surface area contributed by atoms with Gasteiger partial charge in [-0.3, -0.25) is 14.6 Å². The Kier molecular flexibility index (Phi) is 3.32. The monoisotopic (exact) mass is 302 g/mol. The van der Waals surface area contributed by atoms with E-state index in [4.69, 9.17) is 5.73 Å². The van der Waals surface area contributed by atoms with Crippen molar-refractivity contribution in [1.29, 1.82) is 0 Å². The number of rotatable bonds is 3. The van der Waals surface area contributed by atoms with Gasteiger partial charge in [0.1, 0.15) is 5.69 Å². The van der Waals surface area contributed by atoms with E-state index >= 15 is 0 Å². The largest absolute Gasteiger partial charge is 0.369 e. The molecule has 3 aromatic heterocycles. The third kappa shape index (κ3) is 2.72. The van der Waals surface area contributed by atoms with Crippen molar-refractivity contribution in [3.8, 4) is 0 Å². The molecule has 0 saturated heterocycles. The number of hydrogen-bond donors (Lipinski definition) is 3. The zero-order valence-electron chi connectivity index (χ0n) is 10.7. The van der Waals surface area contributed by atoms with Crippen LogP contribution in [0.1, 0.15) is 15.4 Å². The Labute approximate surface area is 122 Å². The second-order valence-corrected chi connectivity index (χ2v) is 5.17. The molecule has 0 aliphatic rings. The standard InChI is InChI=1S/C12H10N6O2S/c13-12-17-9-8(11(20)18-12)14-5-7(16-9)10(19)15-4-6-2-1-3-21-6/h1-3,5H,4H2,(H,15,19)(H3,13,16,17,18,20). The number of anilines is 1. The molecule has 3 heterocycles. The van der Waals surface area contributed by atoms with Gasteiger partial charge in [0.2, 0.25) is 5.95 Å². The SMILES string of the molecule is Nc1nc2nc(C(=O)NCc3cccs3)cnc2c(=O)[nH]1. The number of carbonyl (C=O) groups is 1. The summed E-state index contributed by atoms with van der Waals surface area (Å²) in [4.78, 5) is 38.7. The first kappa shape index (κ1) is 13.2. The minimum absolute atomic E-state index is 0.0407. The summed E-state index contributed by atoms with van der Waals surface area (Å²) < 4.78 is 0. The summed E-state index contributed by atoms with van der Waals surface area (Å²) in [7, 11) is 0. The molecule has 0 unspecified atom stereocenters. The highest BCUT2D eigenvalue weighted by molar-refractivity contribution is 7.09. The number of thiophene rings is 1. The Morgan fingerprint density at radius 3 is 3.05 bits per heavy atom. The van der Waals surface area contributed by atoms with Gasteiger partial charge < -0.3 is 11.1 Å². The third-order valence-corrected chi connectivity index (χ3v) is 3.55. The van der Waals surface area contributed by atoms with Crippen LogP contribution in [0, 0.1) is 0 Å². The van der Waals surface area contributed by atoms with Crippen LogP contribution in [0.2, 0.25) is 0 Å². The molecule has 1 amide bonds. The van der Waals surface area contributed by atoms with Gasteiger partial charge in [-0.1, -0.05) is 6.07 Å². The van der Waals surface area contributed by atoms with E-state index in [1.807, 2.05) is 17.5 Å². The van der Waals surface area contributed by atoms with Crippen molar-refractivity contribution in [3.05, 3.63) is 44.6 Å². The van der Waals surface area contributed by atoms with E-state index in [9.17, 15) is 9.59 Å². The zero-order chi connectivity index (χ0) is 14.8. The number of nitrogens with two attached hydrogens (primary N) is 1. The van der Waals surface area contributed by atoms with Crippen LogP contribution in [0.3, 0.4) is 0 Å². The number of nitrogens with one attached hydrogen (secondary N) is 2. The van der Waals surface area contributed by atoms with Gasteiger partial charge in [-0.2, -0.15) is 4.98 Å². The molecule has 0 aromatic carbocycles. The van der Waals surface area contributed by atoms with Crippen LogP contribution in [0.5, 0.6) is 0 Å². The Morgan fingerprint density at radius 1 is 1.43 bits per heavy atom. The number of aromatic amines is 1. The fourth-order valence-corrected chi connectivity index (χ4v) is 2.36. The lowest BCUT2D eigenvalue weighted by atomic mass is 10.4. The normalized spacial score (nSPS) is 10.7. The van der Waals surface area contributed by atoms with Gasteiger partial charge in [-0.15, -0.1) is 11.3 Å². The van der Waals surface area contributed by atoms with Crippen LogP contribution in [0.25, 0.3) is 11.2 Å². The van der Waals surface area contributed by atoms with Gasteiger partial charge in [-0.05, 0) is 11.4 Å².